The highest BCUT2D eigenvalue weighted by atomic mass is 16.5. The normalized spacial score (nSPS) is 14.8. The lowest BCUT2D eigenvalue weighted by molar-refractivity contribution is 0.415. The lowest BCUT2D eigenvalue weighted by atomic mass is 9.92. The number of fused-ring (bicyclic) bond motifs is 1. The number of nitrogens with zero attached hydrogens (tertiary/aromatic N) is 4. The standard InChI is InChI=1S/C22H27N5O/c1-22(2,3)20-7-8-21(26-25-20)27-13-15(14-27)12-24-19-9-10-23-18-6-5-16(28-4)11-17(18)19/h5-11,15H,12-14H2,1-4H3,(H,23,24). The summed E-state index contributed by atoms with van der Waals surface area (Å²) < 4.78 is 5.35. The molecule has 1 aromatic carbocycles. The maximum Gasteiger partial charge on any atom is 0.151 e. The van der Waals surface area contributed by atoms with Crippen LogP contribution in [0.5, 0.6) is 5.75 Å². The van der Waals surface area contributed by atoms with Crippen LogP contribution in [0.3, 0.4) is 0 Å². The molecule has 3 heterocycles. The van der Waals surface area contributed by atoms with Crippen molar-refractivity contribution in [3.63, 3.8) is 0 Å². The van der Waals surface area contributed by atoms with Crippen LogP contribution in [0.4, 0.5) is 11.5 Å². The van der Waals surface area contributed by atoms with Crippen LogP contribution in [0.1, 0.15) is 26.5 Å². The third-order valence-corrected chi connectivity index (χ3v) is 5.23. The fourth-order valence-corrected chi connectivity index (χ4v) is 3.44. The number of benzene rings is 1. The van der Waals surface area contributed by atoms with Crippen molar-refractivity contribution < 1.29 is 4.74 Å². The number of hydrogen-bond donors (Lipinski definition) is 1. The minimum atomic E-state index is 0.0307. The van der Waals surface area contributed by atoms with Gasteiger partial charge in [0.2, 0.25) is 0 Å². The van der Waals surface area contributed by atoms with Gasteiger partial charge in [-0.25, -0.2) is 0 Å². The molecule has 0 spiro atoms. The predicted molar refractivity (Wildman–Crippen MR) is 113 cm³/mol. The highest BCUT2D eigenvalue weighted by Crippen LogP contribution is 2.28. The third kappa shape index (κ3) is 3.72. The van der Waals surface area contributed by atoms with Gasteiger partial charge in [0.15, 0.2) is 5.82 Å². The third-order valence-electron chi connectivity index (χ3n) is 5.23. The molecular weight excluding hydrogens is 350 g/mol. The monoisotopic (exact) mass is 377 g/mol. The Morgan fingerprint density at radius 3 is 2.61 bits per heavy atom. The van der Waals surface area contributed by atoms with Gasteiger partial charge in [-0.2, -0.15) is 5.10 Å². The fraction of sp³-hybridized carbons (Fsp3) is 0.409. The summed E-state index contributed by atoms with van der Waals surface area (Å²) in [7, 11) is 1.69. The minimum Gasteiger partial charge on any atom is -0.497 e. The van der Waals surface area contributed by atoms with Crippen molar-refractivity contribution >= 4 is 22.4 Å². The molecule has 6 nitrogen and oxygen atoms in total. The van der Waals surface area contributed by atoms with Gasteiger partial charge >= 0.3 is 0 Å². The largest absolute Gasteiger partial charge is 0.497 e. The van der Waals surface area contributed by atoms with Gasteiger partial charge in [0.25, 0.3) is 0 Å². The molecule has 2 aromatic heterocycles. The topological polar surface area (TPSA) is 63.2 Å². The van der Waals surface area contributed by atoms with E-state index in [4.69, 9.17) is 4.74 Å². The number of ether oxygens (including phenoxy) is 1. The molecule has 0 unspecified atom stereocenters. The zero-order valence-electron chi connectivity index (χ0n) is 16.9. The van der Waals surface area contributed by atoms with Crippen LogP contribution < -0.4 is 15.0 Å². The highest BCUT2D eigenvalue weighted by molar-refractivity contribution is 5.92. The highest BCUT2D eigenvalue weighted by Gasteiger charge is 2.28. The van der Waals surface area contributed by atoms with Crippen LogP contribution in [0.15, 0.2) is 42.6 Å². The first-order chi connectivity index (χ1) is 13.4. The molecule has 1 saturated heterocycles. The van der Waals surface area contributed by atoms with Crippen molar-refractivity contribution in [1.82, 2.24) is 15.2 Å². The number of hydrogen-bond acceptors (Lipinski definition) is 6. The van der Waals surface area contributed by atoms with E-state index in [0.717, 1.165) is 53.5 Å². The van der Waals surface area contributed by atoms with E-state index in [2.05, 4.69) is 58.3 Å². The van der Waals surface area contributed by atoms with Crippen molar-refractivity contribution in [2.45, 2.75) is 26.2 Å². The lowest BCUT2D eigenvalue weighted by Crippen LogP contribution is -2.50. The summed E-state index contributed by atoms with van der Waals surface area (Å²) in [5.74, 6) is 2.39. The summed E-state index contributed by atoms with van der Waals surface area (Å²) in [4.78, 5) is 6.71. The van der Waals surface area contributed by atoms with Crippen LogP contribution in [0.25, 0.3) is 10.9 Å². The van der Waals surface area contributed by atoms with Gasteiger partial charge in [0, 0.05) is 48.2 Å². The molecule has 0 atom stereocenters. The van der Waals surface area contributed by atoms with Crippen molar-refractivity contribution in [3.05, 3.63) is 48.3 Å². The maximum atomic E-state index is 5.35. The molecule has 1 N–H and O–H groups in total. The summed E-state index contributed by atoms with van der Waals surface area (Å²) in [5.41, 5.74) is 3.12. The second-order valence-electron chi connectivity index (χ2n) is 8.42. The Morgan fingerprint density at radius 2 is 1.93 bits per heavy atom. The number of pyridine rings is 1. The Bertz CT molecular complexity index is 959. The van der Waals surface area contributed by atoms with Gasteiger partial charge in [-0.1, -0.05) is 20.8 Å². The molecule has 6 heteroatoms. The van der Waals surface area contributed by atoms with E-state index >= 15 is 0 Å². The number of rotatable bonds is 5. The Morgan fingerprint density at radius 1 is 1.11 bits per heavy atom. The van der Waals surface area contributed by atoms with Crippen LogP contribution in [0, 0.1) is 5.92 Å². The molecular formula is C22H27N5O. The molecule has 1 fully saturated rings. The zero-order valence-corrected chi connectivity index (χ0v) is 16.9. The molecule has 0 saturated carbocycles. The first-order valence-electron chi connectivity index (χ1n) is 9.70. The van der Waals surface area contributed by atoms with Crippen LogP contribution >= 0.6 is 0 Å². The van der Waals surface area contributed by atoms with Crippen molar-refractivity contribution in [2.24, 2.45) is 5.92 Å². The van der Waals surface area contributed by atoms with Gasteiger partial charge in [-0.05, 0) is 36.4 Å². The molecule has 28 heavy (non-hydrogen) atoms. The molecule has 0 amide bonds. The van der Waals surface area contributed by atoms with Crippen molar-refractivity contribution in [1.29, 1.82) is 0 Å². The number of aromatic nitrogens is 3. The average Bonchev–Trinajstić information content (AvgIpc) is 2.66. The number of methoxy groups -OCH3 is 1. The van der Waals surface area contributed by atoms with E-state index in [1.807, 2.05) is 30.5 Å². The smallest absolute Gasteiger partial charge is 0.151 e. The van der Waals surface area contributed by atoms with E-state index in [1.54, 1.807) is 7.11 Å². The molecule has 3 aromatic rings. The second-order valence-corrected chi connectivity index (χ2v) is 8.42. The second kappa shape index (κ2) is 7.26. The Balaban J connectivity index is 1.36. The minimum absolute atomic E-state index is 0.0307. The van der Waals surface area contributed by atoms with Crippen LogP contribution in [0.2, 0.25) is 0 Å². The molecule has 1 aliphatic rings. The summed E-state index contributed by atoms with van der Waals surface area (Å²) >= 11 is 0. The fourth-order valence-electron chi connectivity index (χ4n) is 3.44. The van der Waals surface area contributed by atoms with Crippen molar-refractivity contribution in [3.8, 4) is 5.75 Å². The Labute approximate surface area is 165 Å². The molecule has 4 rings (SSSR count). The van der Waals surface area contributed by atoms with E-state index in [9.17, 15) is 0 Å². The van der Waals surface area contributed by atoms with E-state index < -0.39 is 0 Å². The van der Waals surface area contributed by atoms with E-state index in [0.29, 0.717) is 5.92 Å². The quantitative estimate of drug-likeness (QED) is 0.728. The molecule has 0 radical (unpaired) electrons. The lowest BCUT2D eigenvalue weighted by Gasteiger charge is -2.40. The molecule has 0 aliphatic carbocycles. The average molecular weight is 377 g/mol. The summed E-state index contributed by atoms with van der Waals surface area (Å²) in [5, 5.41) is 13.5. The summed E-state index contributed by atoms with van der Waals surface area (Å²) in [6.45, 7) is 9.35. The van der Waals surface area contributed by atoms with Gasteiger partial charge in [0.1, 0.15) is 5.75 Å². The number of nitrogens with one attached hydrogen (secondary N) is 1. The molecule has 1 aliphatic heterocycles. The van der Waals surface area contributed by atoms with Gasteiger partial charge in [-0.15, -0.1) is 5.10 Å². The zero-order chi connectivity index (χ0) is 19.7. The Hall–Kier alpha value is -2.89. The van der Waals surface area contributed by atoms with E-state index in [-0.39, 0.29) is 5.41 Å². The Kier molecular flexibility index (Phi) is 4.79. The first-order valence-corrected chi connectivity index (χ1v) is 9.70. The van der Waals surface area contributed by atoms with Crippen LogP contribution in [-0.4, -0.2) is 41.9 Å². The van der Waals surface area contributed by atoms with E-state index in [1.165, 1.54) is 0 Å². The predicted octanol–water partition coefficient (Wildman–Crippen LogP) is 3.88. The summed E-state index contributed by atoms with van der Waals surface area (Å²) in [6.07, 6.45) is 1.84. The number of anilines is 2. The van der Waals surface area contributed by atoms with Gasteiger partial charge in [0.05, 0.1) is 18.3 Å². The summed E-state index contributed by atoms with van der Waals surface area (Å²) in [6, 6.07) is 12.2. The van der Waals surface area contributed by atoms with Gasteiger partial charge < -0.3 is 15.0 Å². The molecule has 146 valence electrons. The maximum absolute atomic E-state index is 5.35. The van der Waals surface area contributed by atoms with Gasteiger partial charge in [-0.3, -0.25) is 4.98 Å². The molecule has 0 bridgehead atoms. The van der Waals surface area contributed by atoms with Crippen molar-refractivity contribution in [2.75, 3.05) is 37.0 Å². The van der Waals surface area contributed by atoms with Crippen LogP contribution in [-0.2, 0) is 5.41 Å². The first kappa shape index (κ1) is 18.5. The SMILES string of the molecule is COc1ccc2nccc(NCC3CN(c4ccc(C(C)(C)C)nn4)C3)c2c1.